The van der Waals surface area contributed by atoms with Crippen LogP contribution in [0.15, 0.2) is 25.3 Å². The van der Waals surface area contributed by atoms with E-state index in [0.29, 0.717) is 26.3 Å². The van der Waals surface area contributed by atoms with Gasteiger partial charge in [0.05, 0.1) is 13.2 Å². The zero-order valence-corrected chi connectivity index (χ0v) is 11.9. The highest BCUT2D eigenvalue weighted by Gasteiger charge is 2.00. The second kappa shape index (κ2) is 13.5. The van der Waals surface area contributed by atoms with Gasteiger partial charge in [-0.05, 0) is 25.7 Å². The van der Waals surface area contributed by atoms with Crippen molar-refractivity contribution >= 4 is 12.2 Å². The number of carbonyl (C=O) groups excluding carboxylic acids is 2. The lowest BCUT2D eigenvalue weighted by molar-refractivity contribution is 0.139. The molecule has 0 aromatic rings. The monoisotopic (exact) mass is 284 g/mol. The van der Waals surface area contributed by atoms with Crippen LogP contribution < -0.4 is 10.6 Å². The van der Waals surface area contributed by atoms with Gasteiger partial charge in [0.15, 0.2) is 0 Å². The van der Waals surface area contributed by atoms with Crippen LogP contribution in [-0.4, -0.2) is 38.5 Å². The van der Waals surface area contributed by atoms with Crippen LogP contribution in [0.5, 0.6) is 0 Å². The van der Waals surface area contributed by atoms with Gasteiger partial charge in [-0.25, -0.2) is 9.59 Å². The molecule has 6 heteroatoms. The summed E-state index contributed by atoms with van der Waals surface area (Å²) in [6.07, 6.45) is 5.77. The maximum Gasteiger partial charge on any atom is 0.407 e. The molecular weight excluding hydrogens is 260 g/mol. The quantitative estimate of drug-likeness (QED) is 0.451. The van der Waals surface area contributed by atoms with E-state index in [2.05, 4.69) is 23.8 Å². The van der Waals surface area contributed by atoms with Crippen LogP contribution in [0.3, 0.4) is 0 Å². The van der Waals surface area contributed by atoms with Gasteiger partial charge in [-0.3, -0.25) is 0 Å². The summed E-state index contributed by atoms with van der Waals surface area (Å²) in [6, 6.07) is 0. The summed E-state index contributed by atoms with van der Waals surface area (Å²) < 4.78 is 9.86. The molecule has 2 N–H and O–H groups in total. The summed E-state index contributed by atoms with van der Waals surface area (Å²) in [6.45, 7) is 8.57. The molecule has 0 saturated heterocycles. The van der Waals surface area contributed by atoms with E-state index >= 15 is 0 Å². The number of unbranched alkanes of at least 4 members (excludes halogenated alkanes) is 3. The van der Waals surface area contributed by atoms with E-state index < -0.39 is 12.2 Å². The second-order valence-electron chi connectivity index (χ2n) is 4.03. The summed E-state index contributed by atoms with van der Waals surface area (Å²) in [5, 5.41) is 5.04. The Hall–Kier alpha value is -1.98. The molecule has 0 spiro atoms. The maximum absolute atomic E-state index is 11.0. The third-order valence-corrected chi connectivity index (χ3v) is 2.29. The third kappa shape index (κ3) is 12.5. The highest BCUT2D eigenvalue weighted by atomic mass is 16.6. The van der Waals surface area contributed by atoms with Crippen molar-refractivity contribution < 1.29 is 19.1 Å². The Morgan fingerprint density at radius 3 is 1.55 bits per heavy atom. The van der Waals surface area contributed by atoms with Crippen molar-refractivity contribution in [3.8, 4) is 0 Å². The smallest absolute Gasteiger partial charge is 0.407 e. The number of rotatable bonds is 11. The largest absolute Gasteiger partial charge is 0.450 e. The van der Waals surface area contributed by atoms with E-state index in [1.54, 1.807) is 12.2 Å². The van der Waals surface area contributed by atoms with Gasteiger partial charge in [-0.2, -0.15) is 0 Å². The van der Waals surface area contributed by atoms with Gasteiger partial charge in [0.2, 0.25) is 0 Å². The van der Waals surface area contributed by atoms with Crippen molar-refractivity contribution in [1.29, 1.82) is 0 Å². The topological polar surface area (TPSA) is 76.7 Å². The van der Waals surface area contributed by atoms with Gasteiger partial charge in [0.1, 0.15) is 0 Å². The molecule has 0 radical (unpaired) electrons. The second-order valence-corrected chi connectivity index (χ2v) is 4.03. The average Bonchev–Trinajstić information content (AvgIpc) is 2.45. The zero-order valence-electron chi connectivity index (χ0n) is 11.9. The molecule has 2 amide bonds. The average molecular weight is 284 g/mol. The van der Waals surface area contributed by atoms with E-state index in [9.17, 15) is 9.59 Å². The molecule has 0 bridgehead atoms. The van der Waals surface area contributed by atoms with Crippen molar-refractivity contribution in [2.24, 2.45) is 0 Å². The molecule has 20 heavy (non-hydrogen) atoms. The zero-order chi connectivity index (χ0) is 15.1. The lowest BCUT2D eigenvalue weighted by Crippen LogP contribution is -2.24. The lowest BCUT2D eigenvalue weighted by Gasteiger charge is -2.06. The molecule has 6 nitrogen and oxygen atoms in total. The van der Waals surface area contributed by atoms with Gasteiger partial charge >= 0.3 is 12.2 Å². The van der Waals surface area contributed by atoms with Crippen molar-refractivity contribution in [1.82, 2.24) is 10.6 Å². The Morgan fingerprint density at radius 1 is 0.800 bits per heavy atom. The fourth-order valence-electron chi connectivity index (χ4n) is 1.30. The Morgan fingerprint density at radius 2 is 1.20 bits per heavy atom. The van der Waals surface area contributed by atoms with E-state index in [-0.39, 0.29) is 0 Å². The van der Waals surface area contributed by atoms with Crippen LogP contribution in [0.2, 0.25) is 0 Å². The molecule has 0 rings (SSSR count). The lowest BCUT2D eigenvalue weighted by atomic mass is 10.2. The van der Waals surface area contributed by atoms with Gasteiger partial charge in [-0.1, -0.05) is 12.2 Å². The summed E-state index contributed by atoms with van der Waals surface area (Å²) in [5.41, 5.74) is 0. The summed E-state index contributed by atoms with van der Waals surface area (Å²) >= 11 is 0. The van der Waals surface area contributed by atoms with Crippen LogP contribution in [0, 0.1) is 0 Å². The molecule has 114 valence electrons. The fraction of sp³-hybridized carbons (Fsp3) is 0.571. The first-order chi connectivity index (χ1) is 9.70. The molecule has 0 aliphatic rings. The first kappa shape index (κ1) is 18.0. The number of hydrogen-bond acceptors (Lipinski definition) is 4. The number of ether oxygens (including phenoxy) is 2. The standard InChI is InChI=1S/C14H24N2O4/c1-3-9-15-13(17)19-11-7-5-6-8-12-20-14(18)16-10-4-2/h3-4H,1-2,5-12H2,(H,15,17)(H,16,18). The first-order valence-electron chi connectivity index (χ1n) is 6.73. The number of amides is 2. The highest BCUT2D eigenvalue weighted by Crippen LogP contribution is 2.00. The fourth-order valence-corrected chi connectivity index (χ4v) is 1.30. The SMILES string of the molecule is C=CCNC(=O)OCCCCCCOC(=O)NCC=C. The minimum absolute atomic E-state index is 0.393. The summed E-state index contributed by atoms with van der Waals surface area (Å²) in [5.74, 6) is 0. The van der Waals surface area contributed by atoms with Crippen LogP contribution >= 0.6 is 0 Å². The van der Waals surface area contributed by atoms with Crippen molar-refractivity contribution in [2.45, 2.75) is 25.7 Å². The van der Waals surface area contributed by atoms with Gasteiger partial charge < -0.3 is 20.1 Å². The van der Waals surface area contributed by atoms with Crippen LogP contribution in [-0.2, 0) is 9.47 Å². The van der Waals surface area contributed by atoms with E-state index in [1.807, 2.05) is 0 Å². The predicted molar refractivity (Wildman–Crippen MR) is 77.6 cm³/mol. The Kier molecular flexibility index (Phi) is 12.1. The van der Waals surface area contributed by atoms with Crippen molar-refractivity contribution in [2.75, 3.05) is 26.3 Å². The molecule has 0 aromatic carbocycles. The maximum atomic E-state index is 11.0. The number of nitrogens with one attached hydrogen (secondary N) is 2. The predicted octanol–water partition coefficient (Wildman–Crippen LogP) is 2.37. The van der Waals surface area contributed by atoms with Crippen molar-refractivity contribution in [3.05, 3.63) is 25.3 Å². The van der Waals surface area contributed by atoms with Crippen LogP contribution in [0.4, 0.5) is 9.59 Å². The Bertz CT molecular complexity index is 276. The van der Waals surface area contributed by atoms with Gasteiger partial charge in [0, 0.05) is 13.1 Å². The molecular formula is C14H24N2O4. The van der Waals surface area contributed by atoms with E-state index in [4.69, 9.17) is 9.47 Å². The van der Waals surface area contributed by atoms with Gasteiger partial charge in [-0.15, -0.1) is 13.2 Å². The minimum Gasteiger partial charge on any atom is -0.450 e. The molecule has 0 unspecified atom stereocenters. The molecule has 0 saturated carbocycles. The number of alkyl carbamates (subject to hydrolysis) is 2. The summed E-state index contributed by atoms with van der Waals surface area (Å²) in [7, 11) is 0. The first-order valence-corrected chi connectivity index (χ1v) is 6.73. The van der Waals surface area contributed by atoms with Crippen LogP contribution in [0.1, 0.15) is 25.7 Å². The highest BCUT2D eigenvalue weighted by molar-refractivity contribution is 5.67. The molecule has 0 aliphatic carbocycles. The molecule has 0 aliphatic heterocycles. The minimum atomic E-state index is -0.424. The van der Waals surface area contributed by atoms with E-state index in [0.717, 1.165) is 25.7 Å². The molecule has 0 aromatic heterocycles. The number of carbonyl (C=O) groups is 2. The van der Waals surface area contributed by atoms with Crippen LogP contribution in [0.25, 0.3) is 0 Å². The Labute approximate surface area is 120 Å². The summed E-state index contributed by atoms with van der Waals surface area (Å²) in [4.78, 5) is 22.1. The van der Waals surface area contributed by atoms with Gasteiger partial charge in [0.25, 0.3) is 0 Å². The van der Waals surface area contributed by atoms with E-state index in [1.165, 1.54) is 0 Å². The molecule has 0 fully saturated rings. The van der Waals surface area contributed by atoms with Crippen molar-refractivity contribution in [3.63, 3.8) is 0 Å². The normalized spacial score (nSPS) is 9.40. The number of hydrogen-bond donors (Lipinski definition) is 2. The molecule has 0 heterocycles. The molecule has 0 atom stereocenters. The third-order valence-electron chi connectivity index (χ3n) is 2.29. The Balaban J connectivity index is 3.24.